The summed E-state index contributed by atoms with van der Waals surface area (Å²) in [5.74, 6) is -0.369. The van der Waals surface area contributed by atoms with Gasteiger partial charge in [-0.3, -0.25) is 0 Å². The van der Waals surface area contributed by atoms with Gasteiger partial charge < -0.3 is 9.84 Å². The number of halogens is 1. The van der Waals surface area contributed by atoms with Gasteiger partial charge in [0.25, 0.3) is 0 Å². The molecule has 3 heteroatoms. The third-order valence-corrected chi connectivity index (χ3v) is 3.39. The lowest BCUT2D eigenvalue weighted by molar-refractivity contribution is -0.0126. The summed E-state index contributed by atoms with van der Waals surface area (Å²) in [6.45, 7) is 4.71. The molecule has 16 heavy (non-hydrogen) atoms. The molecule has 1 fully saturated rings. The standard InChI is InChI=1S/C13H17FO2/c1-9-3-4-12(14)11(7-9)13(2,15)10-5-6-16-8-10/h3-4,7,10,15H,5-6,8H2,1-2H3. The van der Waals surface area contributed by atoms with E-state index in [0.717, 1.165) is 12.0 Å². The molecule has 0 aromatic heterocycles. The van der Waals surface area contributed by atoms with Crippen LogP contribution in [0.4, 0.5) is 4.39 Å². The summed E-state index contributed by atoms with van der Waals surface area (Å²) < 4.78 is 19.0. The first-order valence-electron chi connectivity index (χ1n) is 5.58. The van der Waals surface area contributed by atoms with Crippen LogP contribution in [0.25, 0.3) is 0 Å². The van der Waals surface area contributed by atoms with Gasteiger partial charge in [0.05, 0.1) is 12.2 Å². The van der Waals surface area contributed by atoms with Crippen LogP contribution >= 0.6 is 0 Å². The van der Waals surface area contributed by atoms with Crippen molar-refractivity contribution >= 4 is 0 Å². The van der Waals surface area contributed by atoms with Gasteiger partial charge in [0, 0.05) is 18.1 Å². The van der Waals surface area contributed by atoms with E-state index in [-0.39, 0.29) is 11.7 Å². The molecule has 0 saturated carbocycles. The first-order valence-corrected chi connectivity index (χ1v) is 5.58. The minimum atomic E-state index is -1.15. The summed E-state index contributed by atoms with van der Waals surface area (Å²) in [6.07, 6.45) is 0.778. The van der Waals surface area contributed by atoms with E-state index in [1.165, 1.54) is 6.07 Å². The van der Waals surface area contributed by atoms with Crippen molar-refractivity contribution in [3.05, 3.63) is 35.1 Å². The Morgan fingerprint density at radius 1 is 1.50 bits per heavy atom. The summed E-state index contributed by atoms with van der Waals surface area (Å²) in [5, 5.41) is 10.5. The first kappa shape index (κ1) is 11.6. The molecule has 0 bridgehead atoms. The predicted molar refractivity (Wildman–Crippen MR) is 59.6 cm³/mol. The van der Waals surface area contributed by atoms with E-state index in [1.807, 2.05) is 6.92 Å². The van der Waals surface area contributed by atoms with Gasteiger partial charge in [-0.1, -0.05) is 17.7 Å². The molecule has 0 spiro atoms. The summed E-state index contributed by atoms with van der Waals surface area (Å²) in [6, 6.07) is 4.84. The highest BCUT2D eigenvalue weighted by Gasteiger charge is 2.38. The largest absolute Gasteiger partial charge is 0.385 e. The van der Waals surface area contributed by atoms with Gasteiger partial charge in [-0.25, -0.2) is 4.39 Å². The molecule has 0 radical (unpaired) electrons. The topological polar surface area (TPSA) is 29.5 Å². The van der Waals surface area contributed by atoms with Crippen LogP contribution in [-0.4, -0.2) is 18.3 Å². The molecular weight excluding hydrogens is 207 g/mol. The highest BCUT2D eigenvalue weighted by molar-refractivity contribution is 5.29. The predicted octanol–water partition coefficient (Wildman–Crippen LogP) is 2.38. The third-order valence-electron chi connectivity index (χ3n) is 3.39. The van der Waals surface area contributed by atoms with E-state index in [2.05, 4.69) is 0 Å². The summed E-state index contributed by atoms with van der Waals surface area (Å²) in [7, 11) is 0. The normalized spacial score (nSPS) is 24.4. The van der Waals surface area contributed by atoms with Crippen molar-refractivity contribution in [2.45, 2.75) is 25.9 Å². The molecule has 1 aromatic carbocycles. The Morgan fingerprint density at radius 2 is 2.25 bits per heavy atom. The molecule has 2 atom stereocenters. The molecule has 1 saturated heterocycles. The number of ether oxygens (including phenoxy) is 1. The molecule has 1 aliphatic rings. The summed E-state index contributed by atoms with van der Waals surface area (Å²) in [4.78, 5) is 0. The minimum absolute atomic E-state index is 0.0243. The lowest BCUT2D eigenvalue weighted by Crippen LogP contribution is -2.33. The maximum Gasteiger partial charge on any atom is 0.129 e. The highest BCUT2D eigenvalue weighted by atomic mass is 19.1. The fraction of sp³-hybridized carbons (Fsp3) is 0.538. The molecule has 88 valence electrons. The zero-order valence-electron chi connectivity index (χ0n) is 9.66. The smallest absolute Gasteiger partial charge is 0.129 e. The molecule has 0 amide bonds. The molecule has 1 aromatic rings. The van der Waals surface area contributed by atoms with Crippen molar-refractivity contribution in [3.63, 3.8) is 0 Å². The second-order valence-electron chi connectivity index (χ2n) is 4.69. The lowest BCUT2D eigenvalue weighted by atomic mass is 9.81. The fourth-order valence-corrected chi connectivity index (χ4v) is 2.22. The van der Waals surface area contributed by atoms with Crippen molar-refractivity contribution in [2.24, 2.45) is 5.92 Å². The van der Waals surface area contributed by atoms with Crippen LogP contribution in [0.1, 0.15) is 24.5 Å². The number of aryl methyl sites for hydroxylation is 1. The third kappa shape index (κ3) is 1.97. The molecule has 1 heterocycles. The Bertz CT molecular complexity index is 382. The van der Waals surface area contributed by atoms with Gasteiger partial charge in [0.15, 0.2) is 0 Å². The van der Waals surface area contributed by atoms with E-state index in [0.29, 0.717) is 18.8 Å². The van der Waals surface area contributed by atoms with Crippen LogP contribution in [0.3, 0.4) is 0 Å². The van der Waals surface area contributed by atoms with E-state index < -0.39 is 5.60 Å². The summed E-state index contributed by atoms with van der Waals surface area (Å²) in [5.41, 5.74) is 0.186. The Labute approximate surface area is 95.1 Å². The van der Waals surface area contributed by atoms with Crippen LogP contribution in [0.15, 0.2) is 18.2 Å². The Balaban J connectivity index is 2.37. The monoisotopic (exact) mass is 224 g/mol. The number of rotatable bonds is 2. The SMILES string of the molecule is Cc1ccc(F)c(C(C)(O)C2CCOC2)c1. The van der Waals surface area contributed by atoms with Gasteiger partial charge >= 0.3 is 0 Å². The van der Waals surface area contributed by atoms with Crippen molar-refractivity contribution in [1.29, 1.82) is 0 Å². The average Bonchev–Trinajstić information content (AvgIpc) is 2.75. The van der Waals surface area contributed by atoms with E-state index in [4.69, 9.17) is 4.74 Å². The van der Waals surface area contributed by atoms with Crippen LogP contribution in [0, 0.1) is 18.7 Å². The van der Waals surface area contributed by atoms with Gasteiger partial charge in [0.1, 0.15) is 5.82 Å². The highest BCUT2D eigenvalue weighted by Crippen LogP contribution is 2.36. The maximum absolute atomic E-state index is 13.7. The van der Waals surface area contributed by atoms with E-state index in [9.17, 15) is 9.50 Å². The van der Waals surface area contributed by atoms with Gasteiger partial charge in [0.2, 0.25) is 0 Å². The van der Waals surface area contributed by atoms with Gasteiger partial charge in [-0.2, -0.15) is 0 Å². The van der Waals surface area contributed by atoms with Crippen molar-refractivity contribution in [3.8, 4) is 0 Å². The fourth-order valence-electron chi connectivity index (χ4n) is 2.22. The Kier molecular flexibility index (Phi) is 3.00. The maximum atomic E-state index is 13.7. The molecule has 2 unspecified atom stereocenters. The lowest BCUT2D eigenvalue weighted by Gasteiger charge is -2.30. The van der Waals surface area contributed by atoms with Gasteiger partial charge in [-0.05, 0) is 26.3 Å². The number of aliphatic hydroxyl groups is 1. The second-order valence-corrected chi connectivity index (χ2v) is 4.69. The molecule has 2 nitrogen and oxygen atoms in total. The number of hydrogen-bond donors (Lipinski definition) is 1. The van der Waals surface area contributed by atoms with Crippen LogP contribution in [0.5, 0.6) is 0 Å². The zero-order chi connectivity index (χ0) is 11.8. The summed E-state index contributed by atoms with van der Waals surface area (Å²) >= 11 is 0. The van der Waals surface area contributed by atoms with Crippen molar-refractivity contribution in [2.75, 3.05) is 13.2 Å². The second kappa shape index (κ2) is 4.15. The molecule has 2 rings (SSSR count). The van der Waals surface area contributed by atoms with Crippen molar-refractivity contribution < 1.29 is 14.2 Å². The molecular formula is C13H17FO2. The minimum Gasteiger partial charge on any atom is -0.385 e. The quantitative estimate of drug-likeness (QED) is 0.835. The van der Waals surface area contributed by atoms with E-state index in [1.54, 1.807) is 19.1 Å². The van der Waals surface area contributed by atoms with Gasteiger partial charge in [-0.15, -0.1) is 0 Å². The number of hydrogen-bond acceptors (Lipinski definition) is 2. The molecule has 0 aliphatic carbocycles. The van der Waals surface area contributed by atoms with E-state index >= 15 is 0 Å². The van der Waals surface area contributed by atoms with Crippen LogP contribution in [0.2, 0.25) is 0 Å². The Hall–Kier alpha value is -0.930. The first-order chi connectivity index (χ1) is 7.51. The van der Waals surface area contributed by atoms with Crippen LogP contribution < -0.4 is 0 Å². The average molecular weight is 224 g/mol. The molecule has 1 N–H and O–H groups in total. The molecule has 1 aliphatic heterocycles. The zero-order valence-corrected chi connectivity index (χ0v) is 9.66. The Morgan fingerprint density at radius 3 is 2.88 bits per heavy atom. The number of benzene rings is 1. The van der Waals surface area contributed by atoms with Crippen LogP contribution in [-0.2, 0) is 10.3 Å². The van der Waals surface area contributed by atoms with Crippen molar-refractivity contribution in [1.82, 2.24) is 0 Å².